The monoisotopic (exact) mass is 191 g/mol. The molecule has 74 valence electrons. The van der Waals surface area contributed by atoms with Crippen molar-refractivity contribution in [1.82, 2.24) is 10.3 Å². The molecular weight excluding hydrogens is 178 g/mol. The molecule has 0 unspecified atom stereocenters. The third-order valence-electron chi connectivity index (χ3n) is 2.56. The number of nitrogens with zero attached hydrogens (tertiary/aromatic N) is 1. The van der Waals surface area contributed by atoms with E-state index in [-0.39, 0.29) is 0 Å². The second-order valence-corrected chi connectivity index (χ2v) is 3.51. The molecule has 2 rings (SSSR count). The molecule has 1 aromatic heterocycles. The summed E-state index contributed by atoms with van der Waals surface area (Å²) in [6.45, 7) is 1.03. The van der Waals surface area contributed by atoms with Gasteiger partial charge in [-0.3, -0.25) is 4.79 Å². The lowest BCUT2D eigenvalue weighted by Crippen LogP contribution is -2.13. The normalized spacial score (nSPS) is 21.0. The van der Waals surface area contributed by atoms with Gasteiger partial charge in [0.25, 0.3) is 0 Å². The van der Waals surface area contributed by atoms with E-state index in [4.69, 9.17) is 5.73 Å². The van der Waals surface area contributed by atoms with E-state index in [1.54, 1.807) is 6.20 Å². The number of hydrogen-bond donors (Lipinski definition) is 2. The molecule has 4 nitrogen and oxygen atoms in total. The molecule has 14 heavy (non-hydrogen) atoms. The number of anilines is 1. The van der Waals surface area contributed by atoms with Gasteiger partial charge in [-0.2, -0.15) is 0 Å². The highest BCUT2D eigenvalue weighted by molar-refractivity contribution is 5.81. The molecule has 1 saturated heterocycles. The Hall–Kier alpha value is -1.42. The zero-order valence-electron chi connectivity index (χ0n) is 7.86. The summed E-state index contributed by atoms with van der Waals surface area (Å²) in [6, 6.07) is 2.15. The van der Waals surface area contributed by atoms with Crippen molar-refractivity contribution in [2.45, 2.75) is 18.9 Å². The van der Waals surface area contributed by atoms with Gasteiger partial charge < -0.3 is 11.1 Å². The van der Waals surface area contributed by atoms with Crippen molar-refractivity contribution < 1.29 is 4.79 Å². The minimum Gasteiger partial charge on any atom is -0.383 e. The van der Waals surface area contributed by atoms with Crippen molar-refractivity contribution in [3.05, 3.63) is 23.4 Å². The number of nitrogens with one attached hydrogen (secondary N) is 1. The van der Waals surface area contributed by atoms with Crippen molar-refractivity contribution in [3.63, 3.8) is 0 Å². The van der Waals surface area contributed by atoms with Crippen LogP contribution in [-0.2, 0) is 0 Å². The van der Waals surface area contributed by atoms with Crippen LogP contribution in [0.15, 0.2) is 12.3 Å². The highest BCUT2D eigenvalue weighted by Crippen LogP contribution is 2.23. The van der Waals surface area contributed by atoms with E-state index in [9.17, 15) is 4.79 Å². The molecule has 1 fully saturated rings. The molecule has 0 aliphatic carbocycles. The Morgan fingerprint density at radius 1 is 1.64 bits per heavy atom. The topological polar surface area (TPSA) is 68.0 Å². The molecule has 0 amide bonds. The molecule has 0 saturated carbocycles. The number of rotatable bonds is 2. The summed E-state index contributed by atoms with van der Waals surface area (Å²) >= 11 is 0. The first-order valence-electron chi connectivity index (χ1n) is 4.75. The number of aromatic nitrogens is 1. The maximum atomic E-state index is 10.7. The summed E-state index contributed by atoms with van der Waals surface area (Å²) in [4.78, 5) is 14.7. The van der Waals surface area contributed by atoms with Crippen LogP contribution >= 0.6 is 0 Å². The van der Waals surface area contributed by atoms with Gasteiger partial charge >= 0.3 is 0 Å². The molecule has 0 radical (unpaired) electrons. The summed E-state index contributed by atoms with van der Waals surface area (Å²) in [5.74, 6) is 0.307. The van der Waals surface area contributed by atoms with Crippen molar-refractivity contribution in [2.24, 2.45) is 0 Å². The van der Waals surface area contributed by atoms with Crippen LogP contribution in [-0.4, -0.2) is 17.8 Å². The first-order valence-corrected chi connectivity index (χ1v) is 4.75. The highest BCUT2D eigenvalue weighted by atomic mass is 16.1. The first-order chi connectivity index (χ1) is 6.81. The number of pyridine rings is 1. The van der Waals surface area contributed by atoms with E-state index in [0.717, 1.165) is 24.8 Å². The maximum absolute atomic E-state index is 10.7. The Morgan fingerprint density at radius 2 is 2.50 bits per heavy atom. The molecular formula is C10H13N3O. The minimum atomic E-state index is 0.307. The summed E-state index contributed by atoms with van der Waals surface area (Å²) in [5, 5.41) is 3.35. The van der Waals surface area contributed by atoms with E-state index < -0.39 is 0 Å². The lowest BCUT2D eigenvalue weighted by molar-refractivity contribution is 0.112. The Balaban J connectivity index is 2.30. The molecule has 4 heteroatoms. The summed E-state index contributed by atoms with van der Waals surface area (Å²) < 4.78 is 0. The summed E-state index contributed by atoms with van der Waals surface area (Å²) in [6.07, 6.45) is 4.77. The van der Waals surface area contributed by atoms with Crippen LogP contribution in [0.4, 0.5) is 5.82 Å². The van der Waals surface area contributed by atoms with Gasteiger partial charge in [-0.25, -0.2) is 4.98 Å². The van der Waals surface area contributed by atoms with Gasteiger partial charge in [0.05, 0.1) is 5.56 Å². The second-order valence-electron chi connectivity index (χ2n) is 3.51. The van der Waals surface area contributed by atoms with Crippen LogP contribution < -0.4 is 11.1 Å². The standard InChI is InChI=1S/C10H13N3O/c11-10-8(6-14)4-7(5-13-10)9-2-1-3-12-9/h4-6,9,12H,1-3H2,(H2,11,13)/t9-/m1/s1. The average molecular weight is 191 g/mol. The lowest BCUT2D eigenvalue weighted by atomic mass is 10.1. The largest absolute Gasteiger partial charge is 0.383 e. The van der Waals surface area contributed by atoms with Crippen LogP contribution in [0.25, 0.3) is 0 Å². The van der Waals surface area contributed by atoms with Crippen LogP contribution in [0.3, 0.4) is 0 Å². The number of carbonyl (C=O) groups excluding carboxylic acids is 1. The van der Waals surface area contributed by atoms with E-state index in [0.29, 0.717) is 17.4 Å². The van der Waals surface area contributed by atoms with Crippen molar-refractivity contribution in [3.8, 4) is 0 Å². The molecule has 1 atom stereocenters. The van der Waals surface area contributed by atoms with E-state index >= 15 is 0 Å². The quantitative estimate of drug-likeness (QED) is 0.681. The first kappa shape index (κ1) is 9.15. The zero-order valence-corrected chi connectivity index (χ0v) is 7.86. The van der Waals surface area contributed by atoms with Crippen molar-refractivity contribution in [1.29, 1.82) is 0 Å². The number of nitrogen functional groups attached to an aromatic ring is 1. The molecule has 1 aromatic rings. The minimum absolute atomic E-state index is 0.307. The van der Waals surface area contributed by atoms with Gasteiger partial charge in [0, 0.05) is 12.2 Å². The third kappa shape index (κ3) is 1.61. The van der Waals surface area contributed by atoms with Crippen LogP contribution in [0.2, 0.25) is 0 Å². The van der Waals surface area contributed by atoms with Crippen molar-refractivity contribution in [2.75, 3.05) is 12.3 Å². The fourth-order valence-corrected chi connectivity index (χ4v) is 1.76. The molecule has 2 heterocycles. The molecule has 0 aromatic carbocycles. The Labute approximate surface area is 82.5 Å². The van der Waals surface area contributed by atoms with E-state index in [1.165, 1.54) is 6.42 Å². The predicted octanol–water partition coefficient (Wildman–Crippen LogP) is 0.901. The number of nitrogens with two attached hydrogens (primary N) is 1. The van der Waals surface area contributed by atoms with Crippen LogP contribution in [0.1, 0.15) is 34.8 Å². The van der Waals surface area contributed by atoms with Gasteiger partial charge in [0.15, 0.2) is 6.29 Å². The molecule has 0 bridgehead atoms. The van der Waals surface area contributed by atoms with Crippen LogP contribution in [0, 0.1) is 0 Å². The van der Waals surface area contributed by atoms with Gasteiger partial charge in [-0.1, -0.05) is 0 Å². The number of hydrogen-bond acceptors (Lipinski definition) is 4. The van der Waals surface area contributed by atoms with E-state index in [2.05, 4.69) is 10.3 Å². The zero-order chi connectivity index (χ0) is 9.97. The predicted molar refractivity (Wildman–Crippen MR) is 54.0 cm³/mol. The van der Waals surface area contributed by atoms with Crippen molar-refractivity contribution >= 4 is 12.1 Å². The van der Waals surface area contributed by atoms with Gasteiger partial charge in [0.1, 0.15) is 5.82 Å². The summed E-state index contributed by atoms with van der Waals surface area (Å²) in [7, 11) is 0. The third-order valence-corrected chi connectivity index (χ3v) is 2.56. The lowest BCUT2D eigenvalue weighted by Gasteiger charge is -2.10. The number of aldehydes is 1. The highest BCUT2D eigenvalue weighted by Gasteiger charge is 2.17. The fourth-order valence-electron chi connectivity index (χ4n) is 1.76. The molecule has 1 aliphatic heterocycles. The SMILES string of the molecule is Nc1ncc([C@H]2CCCN2)cc1C=O. The Morgan fingerprint density at radius 3 is 3.14 bits per heavy atom. The Bertz CT molecular complexity index is 345. The summed E-state index contributed by atoms with van der Waals surface area (Å²) in [5.41, 5.74) is 7.07. The average Bonchev–Trinajstić information content (AvgIpc) is 2.71. The van der Waals surface area contributed by atoms with E-state index in [1.807, 2.05) is 6.07 Å². The number of carbonyl (C=O) groups is 1. The Kier molecular flexibility index (Phi) is 2.45. The molecule has 1 aliphatic rings. The van der Waals surface area contributed by atoms with Crippen LogP contribution in [0.5, 0.6) is 0 Å². The second kappa shape index (κ2) is 3.75. The van der Waals surface area contributed by atoms with Gasteiger partial charge in [-0.15, -0.1) is 0 Å². The molecule has 0 spiro atoms. The van der Waals surface area contributed by atoms with Gasteiger partial charge in [-0.05, 0) is 31.0 Å². The molecule has 3 N–H and O–H groups in total. The smallest absolute Gasteiger partial charge is 0.153 e. The van der Waals surface area contributed by atoms with Gasteiger partial charge in [0.2, 0.25) is 0 Å². The maximum Gasteiger partial charge on any atom is 0.153 e. The fraction of sp³-hybridized carbons (Fsp3) is 0.400.